The molecule has 0 aromatic carbocycles. The summed E-state index contributed by atoms with van der Waals surface area (Å²) >= 11 is 0. The molecular weight excluding hydrogens is 206 g/mol. The SMILES string of the molecule is CCCNCC(=O)NCCCn1ccnn1. The quantitative estimate of drug-likeness (QED) is 0.600. The largest absolute Gasteiger partial charge is 0.355 e. The molecule has 0 unspecified atom stereocenters. The van der Waals surface area contributed by atoms with E-state index in [2.05, 4.69) is 27.9 Å². The van der Waals surface area contributed by atoms with E-state index in [-0.39, 0.29) is 5.91 Å². The third-order valence-corrected chi connectivity index (χ3v) is 2.07. The summed E-state index contributed by atoms with van der Waals surface area (Å²) in [6.45, 7) is 4.81. The molecule has 0 radical (unpaired) electrons. The first-order valence-electron chi connectivity index (χ1n) is 5.64. The van der Waals surface area contributed by atoms with Gasteiger partial charge in [-0.3, -0.25) is 9.48 Å². The number of hydrogen-bond donors (Lipinski definition) is 2. The Kier molecular flexibility index (Phi) is 6.17. The molecule has 0 aliphatic heterocycles. The van der Waals surface area contributed by atoms with Crippen molar-refractivity contribution in [3.8, 4) is 0 Å². The van der Waals surface area contributed by atoms with Crippen molar-refractivity contribution in [3.05, 3.63) is 12.4 Å². The molecule has 0 saturated heterocycles. The van der Waals surface area contributed by atoms with Gasteiger partial charge in [0.15, 0.2) is 0 Å². The van der Waals surface area contributed by atoms with E-state index in [1.807, 2.05) is 6.20 Å². The first-order valence-corrected chi connectivity index (χ1v) is 5.64. The van der Waals surface area contributed by atoms with Crippen LogP contribution < -0.4 is 10.6 Å². The molecule has 0 aliphatic carbocycles. The van der Waals surface area contributed by atoms with Crippen LogP contribution in [0.1, 0.15) is 19.8 Å². The molecule has 90 valence electrons. The molecule has 0 aliphatic rings. The molecule has 6 heteroatoms. The van der Waals surface area contributed by atoms with Crippen LogP contribution in [0.4, 0.5) is 0 Å². The lowest BCUT2D eigenvalue weighted by atomic mass is 10.4. The predicted octanol–water partition coefficient (Wildman–Crippen LogP) is -0.216. The number of hydrogen-bond acceptors (Lipinski definition) is 4. The Balaban J connectivity index is 1.96. The molecule has 2 N–H and O–H groups in total. The zero-order valence-corrected chi connectivity index (χ0v) is 9.65. The Morgan fingerprint density at radius 1 is 1.44 bits per heavy atom. The summed E-state index contributed by atoms with van der Waals surface area (Å²) in [5, 5.41) is 13.4. The molecule has 1 aromatic rings. The van der Waals surface area contributed by atoms with Crippen LogP contribution in [0.25, 0.3) is 0 Å². The molecule has 6 nitrogen and oxygen atoms in total. The van der Waals surface area contributed by atoms with E-state index in [0.717, 1.165) is 25.9 Å². The number of carbonyl (C=O) groups is 1. The number of aromatic nitrogens is 3. The smallest absolute Gasteiger partial charge is 0.233 e. The zero-order valence-electron chi connectivity index (χ0n) is 9.65. The van der Waals surface area contributed by atoms with Crippen molar-refractivity contribution in [3.63, 3.8) is 0 Å². The van der Waals surface area contributed by atoms with Gasteiger partial charge in [0.25, 0.3) is 0 Å². The maximum atomic E-state index is 11.3. The lowest BCUT2D eigenvalue weighted by Gasteiger charge is -2.05. The fourth-order valence-electron chi connectivity index (χ4n) is 1.26. The first kappa shape index (κ1) is 12.6. The van der Waals surface area contributed by atoms with Crippen LogP contribution in [0.5, 0.6) is 0 Å². The molecule has 16 heavy (non-hydrogen) atoms. The van der Waals surface area contributed by atoms with E-state index < -0.39 is 0 Å². The molecular formula is C10H19N5O. The summed E-state index contributed by atoms with van der Waals surface area (Å²) in [7, 11) is 0. The molecule has 0 spiro atoms. The van der Waals surface area contributed by atoms with Crippen molar-refractivity contribution in [1.29, 1.82) is 0 Å². The lowest BCUT2D eigenvalue weighted by molar-refractivity contribution is -0.120. The van der Waals surface area contributed by atoms with Gasteiger partial charge in [0, 0.05) is 19.3 Å². The molecule has 1 heterocycles. The van der Waals surface area contributed by atoms with Crippen LogP contribution in [0, 0.1) is 0 Å². The maximum absolute atomic E-state index is 11.3. The van der Waals surface area contributed by atoms with Crippen molar-refractivity contribution in [2.75, 3.05) is 19.6 Å². The monoisotopic (exact) mass is 225 g/mol. The summed E-state index contributed by atoms with van der Waals surface area (Å²) in [6.07, 6.45) is 5.36. The van der Waals surface area contributed by atoms with Crippen LogP contribution >= 0.6 is 0 Å². The molecule has 0 bridgehead atoms. The highest BCUT2D eigenvalue weighted by Crippen LogP contribution is 1.85. The van der Waals surface area contributed by atoms with Crippen LogP contribution in [0.2, 0.25) is 0 Å². The van der Waals surface area contributed by atoms with Crippen LogP contribution in [-0.4, -0.2) is 40.5 Å². The molecule has 0 atom stereocenters. The normalized spacial score (nSPS) is 10.3. The molecule has 0 saturated carbocycles. The van der Waals surface area contributed by atoms with Gasteiger partial charge in [-0.05, 0) is 19.4 Å². The van der Waals surface area contributed by atoms with Crippen molar-refractivity contribution >= 4 is 5.91 Å². The summed E-state index contributed by atoms with van der Waals surface area (Å²) in [5.74, 6) is 0.0482. The van der Waals surface area contributed by atoms with E-state index in [0.29, 0.717) is 13.1 Å². The number of rotatable bonds is 8. The highest BCUT2D eigenvalue weighted by Gasteiger charge is 1.98. The second-order valence-corrected chi connectivity index (χ2v) is 3.55. The third-order valence-electron chi connectivity index (χ3n) is 2.07. The Hall–Kier alpha value is -1.43. The van der Waals surface area contributed by atoms with Crippen molar-refractivity contribution in [1.82, 2.24) is 25.6 Å². The summed E-state index contributed by atoms with van der Waals surface area (Å²) in [6, 6.07) is 0. The maximum Gasteiger partial charge on any atom is 0.233 e. The summed E-state index contributed by atoms with van der Waals surface area (Å²) in [4.78, 5) is 11.3. The van der Waals surface area contributed by atoms with Crippen molar-refractivity contribution in [2.45, 2.75) is 26.3 Å². The fourth-order valence-corrected chi connectivity index (χ4v) is 1.26. The minimum atomic E-state index is 0.0482. The minimum absolute atomic E-state index is 0.0482. The van der Waals surface area contributed by atoms with Gasteiger partial charge in [-0.15, -0.1) is 5.10 Å². The highest BCUT2D eigenvalue weighted by molar-refractivity contribution is 5.77. The van der Waals surface area contributed by atoms with Crippen molar-refractivity contribution in [2.24, 2.45) is 0 Å². The average molecular weight is 225 g/mol. The Labute approximate surface area is 95.4 Å². The second kappa shape index (κ2) is 7.81. The third kappa shape index (κ3) is 5.45. The van der Waals surface area contributed by atoms with Gasteiger partial charge in [-0.1, -0.05) is 12.1 Å². The fraction of sp³-hybridized carbons (Fsp3) is 0.700. The van der Waals surface area contributed by atoms with Gasteiger partial charge in [0.2, 0.25) is 5.91 Å². The highest BCUT2D eigenvalue weighted by atomic mass is 16.1. The number of aryl methyl sites for hydroxylation is 1. The van der Waals surface area contributed by atoms with E-state index in [1.165, 1.54) is 0 Å². The number of amides is 1. The topological polar surface area (TPSA) is 71.8 Å². The Morgan fingerprint density at radius 2 is 2.31 bits per heavy atom. The van der Waals surface area contributed by atoms with E-state index in [1.54, 1.807) is 10.9 Å². The molecule has 1 rings (SSSR count). The van der Waals surface area contributed by atoms with E-state index in [4.69, 9.17) is 0 Å². The Bertz CT molecular complexity index is 285. The molecule has 1 aromatic heterocycles. The predicted molar refractivity (Wildman–Crippen MR) is 60.8 cm³/mol. The molecule has 1 amide bonds. The van der Waals surface area contributed by atoms with Gasteiger partial charge < -0.3 is 10.6 Å². The molecule has 0 fully saturated rings. The minimum Gasteiger partial charge on any atom is -0.355 e. The van der Waals surface area contributed by atoms with E-state index >= 15 is 0 Å². The van der Waals surface area contributed by atoms with Gasteiger partial charge in [0.05, 0.1) is 12.7 Å². The van der Waals surface area contributed by atoms with Gasteiger partial charge in [0.1, 0.15) is 0 Å². The number of carbonyl (C=O) groups excluding carboxylic acids is 1. The lowest BCUT2D eigenvalue weighted by Crippen LogP contribution is -2.34. The average Bonchev–Trinajstić information content (AvgIpc) is 2.78. The summed E-state index contributed by atoms with van der Waals surface area (Å²) < 4.78 is 1.75. The summed E-state index contributed by atoms with van der Waals surface area (Å²) in [5.41, 5.74) is 0. The second-order valence-electron chi connectivity index (χ2n) is 3.55. The van der Waals surface area contributed by atoms with Crippen LogP contribution in [0.3, 0.4) is 0 Å². The van der Waals surface area contributed by atoms with Crippen LogP contribution in [0.15, 0.2) is 12.4 Å². The van der Waals surface area contributed by atoms with Crippen molar-refractivity contribution < 1.29 is 4.79 Å². The van der Waals surface area contributed by atoms with Gasteiger partial charge >= 0.3 is 0 Å². The van der Waals surface area contributed by atoms with Gasteiger partial charge in [-0.2, -0.15) is 0 Å². The van der Waals surface area contributed by atoms with Gasteiger partial charge in [-0.25, -0.2) is 0 Å². The van der Waals surface area contributed by atoms with Crippen LogP contribution in [-0.2, 0) is 11.3 Å². The number of nitrogens with one attached hydrogen (secondary N) is 2. The zero-order chi connectivity index (χ0) is 11.6. The standard InChI is InChI=1S/C10H19N5O/c1-2-4-11-9-10(16)12-5-3-7-15-8-6-13-14-15/h6,8,11H,2-5,7,9H2,1H3,(H,12,16). The Morgan fingerprint density at radius 3 is 3.00 bits per heavy atom. The number of nitrogens with zero attached hydrogens (tertiary/aromatic N) is 3. The first-order chi connectivity index (χ1) is 7.83. The van der Waals surface area contributed by atoms with E-state index in [9.17, 15) is 4.79 Å².